The van der Waals surface area contributed by atoms with Crippen molar-refractivity contribution in [2.75, 3.05) is 39.3 Å². The number of carbonyl (C=O) groups excluding carboxylic acids is 2. The summed E-state index contributed by atoms with van der Waals surface area (Å²) >= 11 is 7.92. The van der Waals surface area contributed by atoms with Gasteiger partial charge in [-0.1, -0.05) is 30.7 Å². The van der Waals surface area contributed by atoms with Gasteiger partial charge in [0, 0.05) is 49.0 Å². The molecule has 0 aliphatic carbocycles. The molecule has 1 aromatic heterocycles. The molecule has 2 aliphatic rings. The van der Waals surface area contributed by atoms with Gasteiger partial charge in [-0.05, 0) is 54.0 Å². The van der Waals surface area contributed by atoms with E-state index in [1.165, 1.54) is 16.0 Å². The fourth-order valence-electron chi connectivity index (χ4n) is 4.64. The van der Waals surface area contributed by atoms with Crippen LogP contribution in [0.25, 0.3) is 0 Å². The normalized spacial score (nSPS) is 19.7. The van der Waals surface area contributed by atoms with Gasteiger partial charge >= 0.3 is 0 Å². The molecule has 1 atom stereocenters. The van der Waals surface area contributed by atoms with Crippen LogP contribution in [0.4, 0.5) is 0 Å². The monoisotopic (exact) mass is 459 g/mol. The molecule has 0 N–H and O–H groups in total. The van der Waals surface area contributed by atoms with Gasteiger partial charge in [-0.15, -0.1) is 11.3 Å². The zero-order valence-electron chi connectivity index (χ0n) is 18.1. The minimum atomic E-state index is 0.0748. The Kier molecular flexibility index (Phi) is 7.31. The summed E-state index contributed by atoms with van der Waals surface area (Å²) in [5.41, 5.74) is 2.47. The second-order valence-corrected chi connectivity index (χ2v) is 9.78. The number of hydrogen-bond donors (Lipinski definition) is 0. The van der Waals surface area contributed by atoms with Crippen molar-refractivity contribution in [1.82, 2.24) is 14.7 Å². The molecule has 7 heteroatoms. The fourth-order valence-corrected chi connectivity index (χ4v) is 5.67. The Morgan fingerprint density at radius 2 is 1.71 bits per heavy atom. The van der Waals surface area contributed by atoms with E-state index in [0.29, 0.717) is 26.1 Å². The Bertz CT molecular complexity index is 914. The molecule has 0 unspecified atom stereocenters. The molecule has 1 saturated heterocycles. The largest absolute Gasteiger partial charge is 0.341 e. The van der Waals surface area contributed by atoms with Gasteiger partial charge in [0.25, 0.3) is 0 Å². The molecule has 3 heterocycles. The molecular weight excluding hydrogens is 430 g/mol. The van der Waals surface area contributed by atoms with Gasteiger partial charge in [-0.25, -0.2) is 0 Å². The Hall–Kier alpha value is -1.89. The average molecular weight is 460 g/mol. The Morgan fingerprint density at radius 3 is 2.42 bits per heavy atom. The second-order valence-electron chi connectivity index (χ2n) is 8.34. The zero-order valence-corrected chi connectivity index (χ0v) is 19.6. The van der Waals surface area contributed by atoms with Gasteiger partial charge in [0.2, 0.25) is 11.8 Å². The summed E-state index contributed by atoms with van der Waals surface area (Å²) in [5.74, 6) is 0.364. The van der Waals surface area contributed by atoms with Gasteiger partial charge in [0.05, 0.1) is 12.6 Å². The number of benzene rings is 1. The molecule has 1 aromatic carbocycles. The van der Waals surface area contributed by atoms with Crippen molar-refractivity contribution in [3.8, 4) is 0 Å². The summed E-state index contributed by atoms with van der Waals surface area (Å²) in [4.78, 5) is 33.1. The summed E-state index contributed by atoms with van der Waals surface area (Å²) < 4.78 is 0. The Morgan fingerprint density at radius 1 is 1.00 bits per heavy atom. The first kappa shape index (κ1) is 22.3. The summed E-state index contributed by atoms with van der Waals surface area (Å²) in [6, 6.07) is 10.3. The van der Waals surface area contributed by atoms with Gasteiger partial charge < -0.3 is 9.80 Å². The van der Waals surface area contributed by atoms with Crippen LogP contribution in [0.1, 0.15) is 48.2 Å². The van der Waals surface area contributed by atoms with E-state index < -0.39 is 0 Å². The maximum absolute atomic E-state index is 13.3. The fraction of sp³-hybridized carbons (Fsp3) is 0.500. The van der Waals surface area contributed by atoms with Crippen LogP contribution in [0.15, 0.2) is 35.7 Å². The maximum Gasteiger partial charge on any atom is 0.236 e. The number of amides is 2. The van der Waals surface area contributed by atoms with Gasteiger partial charge in [-0.2, -0.15) is 0 Å². The van der Waals surface area contributed by atoms with Crippen LogP contribution in [-0.2, 0) is 16.0 Å². The van der Waals surface area contributed by atoms with Crippen molar-refractivity contribution in [2.24, 2.45) is 0 Å². The molecule has 0 radical (unpaired) electrons. The van der Waals surface area contributed by atoms with Crippen molar-refractivity contribution in [2.45, 2.75) is 38.6 Å². The van der Waals surface area contributed by atoms with Crippen LogP contribution in [0, 0.1) is 0 Å². The molecule has 0 spiro atoms. The van der Waals surface area contributed by atoms with E-state index in [4.69, 9.17) is 11.6 Å². The smallest absolute Gasteiger partial charge is 0.236 e. The quantitative estimate of drug-likeness (QED) is 0.672. The van der Waals surface area contributed by atoms with Crippen LogP contribution in [0.5, 0.6) is 0 Å². The lowest BCUT2D eigenvalue weighted by Gasteiger charge is -2.37. The molecule has 2 amide bonds. The van der Waals surface area contributed by atoms with E-state index in [1.54, 1.807) is 11.3 Å². The van der Waals surface area contributed by atoms with E-state index in [-0.39, 0.29) is 17.9 Å². The number of rotatable bonds is 5. The third-order valence-corrected chi connectivity index (χ3v) is 7.50. The molecule has 5 nitrogen and oxygen atoms in total. The van der Waals surface area contributed by atoms with Crippen molar-refractivity contribution >= 4 is 34.8 Å². The number of fused-ring (bicyclic) bond motifs is 1. The molecule has 4 rings (SSSR count). The van der Waals surface area contributed by atoms with Crippen LogP contribution in [0.2, 0.25) is 5.02 Å². The van der Waals surface area contributed by atoms with E-state index in [9.17, 15) is 9.59 Å². The number of halogens is 1. The minimum absolute atomic E-state index is 0.0748. The maximum atomic E-state index is 13.3. The number of hydrogen-bond acceptors (Lipinski definition) is 4. The molecule has 166 valence electrons. The summed E-state index contributed by atoms with van der Waals surface area (Å²) in [6.07, 6.45) is 3.28. The molecule has 1 fully saturated rings. The van der Waals surface area contributed by atoms with Crippen molar-refractivity contribution in [1.29, 1.82) is 0 Å². The number of carbonyl (C=O) groups is 2. The Labute approximate surface area is 193 Å². The third kappa shape index (κ3) is 5.13. The zero-order chi connectivity index (χ0) is 21.8. The average Bonchev–Trinajstić information content (AvgIpc) is 3.10. The van der Waals surface area contributed by atoms with E-state index in [2.05, 4.69) is 28.5 Å². The predicted octanol–water partition coefficient (Wildman–Crippen LogP) is 4.21. The topological polar surface area (TPSA) is 43.9 Å². The predicted molar refractivity (Wildman–Crippen MR) is 126 cm³/mol. The third-order valence-electron chi connectivity index (χ3n) is 6.25. The van der Waals surface area contributed by atoms with Gasteiger partial charge in [0.1, 0.15) is 0 Å². The highest BCUT2D eigenvalue weighted by molar-refractivity contribution is 7.10. The lowest BCUT2D eigenvalue weighted by atomic mass is 9.93. The molecule has 31 heavy (non-hydrogen) atoms. The standard InChI is InChI=1S/C24H30ClN3O2S/c1-2-4-22(29)26-11-3-12-27(15-14-26)23(30)17-28-13-9-21-20(10-16-31-21)24(28)18-5-7-19(25)8-6-18/h5-8,10,16,24H,2-4,9,11-15,17H2,1H3/t24-/m0/s1. The molecule has 0 bridgehead atoms. The van der Waals surface area contributed by atoms with E-state index in [0.717, 1.165) is 43.9 Å². The van der Waals surface area contributed by atoms with E-state index in [1.807, 2.05) is 28.9 Å². The van der Waals surface area contributed by atoms with Crippen molar-refractivity contribution in [3.05, 3.63) is 56.7 Å². The van der Waals surface area contributed by atoms with Crippen LogP contribution >= 0.6 is 22.9 Å². The highest BCUT2D eigenvalue weighted by Crippen LogP contribution is 2.38. The minimum Gasteiger partial charge on any atom is -0.341 e. The highest BCUT2D eigenvalue weighted by Gasteiger charge is 2.32. The molecule has 2 aliphatic heterocycles. The number of nitrogens with zero attached hydrogens (tertiary/aromatic N) is 3. The van der Waals surface area contributed by atoms with Gasteiger partial charge in [-0.3, -0.25) is 14.5 Å². The molecule has 0 saturated carbocycles. The summed E-state index contributed by atoms with van der Waals surface area (Å²) in [7, 11) is 0. The van der Waals surface area contributed by atoms with Crippen LogP contribution < -0.4 is 0 Å². The lowest BCUT2D eigenvalue weighted by Crippen LogP contribution is -2.45. The SMILES string of the molecule is CCCC(=O)N1CCCN(C(=O)CN2CCc3sccc3[C@@H]2c2ccc(Cl)cc2)CC1. The van der Waals surface area contributed by atoms with Crippen LogP contribution in [0.3, 0.4) is 0 Å². The first-order chi connectivity index (χ1) is 15.1. The second kappa shape index (κ2) is 10.2. The van der Waals surface area contributed by atoms with Gasteiger partial charge in [0.15, 0.2) is 0 Å². The Balaban J connectivity index is 1.46. The summed E-state index contributed by atoms with van der Waals surface area (Å²) in [5, 5.41) is 2.87. The van der Waals surface area contributed by atoms with Crippen molar-refractivity contribution in [3.63, 3.8) is 0 Å². The number of thiophene rings is 1. The van der Waals surface area contributed by atoms with Crippen LogP contribution in [-0.4, -0.2) is 65.8 Å². The molecule has 2 aromatic rings. The first-order valence-corrected chi connectivity index (χ1v) is 12.4. The van der Waals surface area contributed by atoms with E-state index >= 15 is 0 Å². The molecular formula is C24H30ClN3O2S. The first-order valence-electron chi connectivity index (χ1n) is 11.2. The van der Waals surface area contributed by atoms with Crippen molar-refractivity contribution < 1.29 is 9.59 Å². The highest BCUT2D eigenvalue weighted by atomic mass is 35.5. The lowest BCUT2D eigenvalue weighted by molar-refractivity contribution is -0.134. The summed E-state index contributed by atoms with van der Waals surface area (Å²) in [6.45, 7) is 6.01.